The Morgan fingerprint density at radius 3 is 3.00 bits per heavy atom. The fourth-order valence-corrected chi connectivity index (χ4v) is 2.10. The second-order valence-corrected chi connectivity index (χ2v) is 4.91. The molecule has 114 valence electrons. The van der Waals surface area contributed by atoms with Crippen molar-refractivity contribution in [3.63, 3.8) is 0 Å². The Labute approximate surface area is 121 Å². The Balaban J connectivity index is 2.11. The van der Waals surface area contributed by atoms with Gasteiger partial charge in [0.2, 0.25) is 11.8 Å². The van der Waals surface area contributed by atoms with Crippen LogP contribution in [-0.4, -0.2) is 31.6 Å². The predicted molar refractivity (Wildman–Crippen MR) is 76.4 cm³/mol. The monoisotopic (exact) mass is 295 g/mol. The Bertz CT molecular complexity index is 563. The van der Waals surface area contributed by atoms with Gasteiger partial charge in [0, 0.05) is 25.8 Å². The van der Waals surface area contributed by atoms with Crippen LogP contribution in [0, 0.1) is 5.82 Å². The average Bonchev–Trinajstić information content (AvgIpc) is 2.45. The highest BCUT2D eigenvalue weighted by Crippen LogP contribution is 2.28. The summed E-state index contributed by atoms with van der Waals surface area (Å²) < 4.78 is 18.8. The van der Waals surface area contributed by atoms with Crippen molar-refractivity contribution in [3.8, 4) is 0 Å². The van der Waals surface area contributed by atoms with Crippen LogP contribution in [0.5, 0.6) is 0 Å². The fourth-order valence-electron chi connectivity index (χ4n) is 2.10. The number of nitrogens with two attached hydrogens (primary N) is 1. The number of carbonyl (C=O) groups excluding carboxylic acids is 2. The molecule has 0 saturated carbocycles. The highest BCUT2D eigenvalue weighted by Gasteiger charge is 2.20. The van der Waals surface area contributed by atoms with Gasteiger partial charge in [0.05, 0.1) is 11.7 Å². The van der Waals surface area contributed by atoms with E-state index in [0.717, 1.165) is 0 Å². The van der Waals surface area contributed by atoms with Gasteiger partial charge in [0.1, 0.15) is 5.82 Å². The SMILES string of the molecule is COCCC(N)C(=O)Nc1cc2c(cc1F)CCC(=O)N2. The van der Waals surface area contributed by atoms with E-state index in [-0.39, 0.29) is 11.6 Å². The molecule has 0 spiro atoms. The molecule has 7 heteroatoms. The molecule has 1 aliphatic rings. The van der Waals surface area contributed by atoms with Gasteiger partial charge >= 0.3 is 0 Å². The topological polar surface area (TPSA) is 93.4 Å². The summed E-state index contributed by atoms with van der Waals surface area (Å²) >= 11 is 0. The summed E-state index contributed by atoms with van der Waals surface area (Å²) in [6.07, 6.45) is 1.16. The molecule has 4 N–H and O–H groups in total. The largest absolute Gasteiger partial charge is 0.385 e. The molecule has 1 heterocycles. The zero-order chi connectivity index (χ0) is 15.4. The van der Waals surface area contributed by atoms with Gasteiger partial charge in [-0.05, 0) is 30.5 Å². The summed E-state index contributed by atoms with van der Waals surface area (Å²) in [5.74, 6) is -1.16. The van der Waals surface area contributed by atoms with Crippen molar-refractivity contribution in [2.45, 2.75) is 25.3 Å². The van der Waals surface area contributed by atoms with Crippen molar-refractivity contribution in [3.05, 3.63) is 23.5 Å². The maximum absolute atomic E-state index is 14.0. The third kappa shape index (κ3) is 3.77. The number of amides is 2. The molecule has 1 atom stereocenters. The van der Waals surface area contributed by atoms with Crippen LogP contribution in [0.1, 0.15) is 18.4 Å². The number of benzene rings is 1. The molecule has 0 aromatic heterocycles. The molecule has 1 unspecified atom stereocenters. The number of aryl methyl sites for hydroxylation is 1. The zero-order valence-electron chi connectivity index (χ0n) is 11.7. The van der Waals surface area contributed by atoms with E-state index in [1.54, 1.807) is 0 Å². The molecule has 21 heavy (non-hydrogen) atoms. The first-order chi connectivity index (χ1) is 10.0. The minimum Gasteiger partial charge on any atom is -0.385 e. The number of fused-ring (bicyclic) bond motifs is 1. The third-order valence-electron chi connectivity index (χ3n) is 3.32. The summed E-state index contributed by atoms with van der Waals surface area (Å²) in [7, 11) is 1.51. The lowest BCUT2D eigenvalue weighted by atomic mass is 10.0. The molecular formula is C14H18FN3O3. The van der Waals surface area contributed by atoms with Gasteiger partial charge in [-0.3, -0.25) is 9.59 Å². The second-order valence-electron chi connectivity index (χ2n) is 4.91. The fraction of sp³-hybridized carbons (Fsp3) is 0.429. The lowest BCUT2D eigenvalue weighted by molar-refractivity contribution is -0.118. The number of methoxy groups -OCH3 is 1. The molecule has 2 rings (SSSR count). The number of hydrogen-bond donors (Lipinski definition) is 3. The molecule has 1 aliphatic heterocycles. The van der Waals surface area contributed by atoms with Gasteiger partial charge in [-0.25, -0.2) is 4.39 Å². The van der Waals surface area contributed by atoms with Crippen LogP contribution in [0.25, 0.3) is 0 Å². The standard InChI is InChI=1S/C14H18FN3O3/c1-21-5-4-10(16)14(20)18-12-7-11-8(6-9(12)15)2-3-13(19)17-11/h6-7,10H,2-5,16H2,1H3,(H,17,19)(H,18,20). The van der Waals surface area contributed by atoms with Crippen LogP contribution in [0.15, 0.2) is 12.1 Å². The molecule has 6 nitrogen and oxygen atoms in total. The van der Waals surface area contributed by atoms with Crippen molar-refractivity contribution in [2.75, 3.05) is 24.4 Å². The van der Waals surface area contributed by atoms with E-state index in [0.29, 0.717) is 37.1 Å². The zero-order valence-corrected chi connectivity index (χ0v) is 11.7. The van der Waals surface area contributed by atoms with Crippen molar-refractivity contribution in [1.82, 2.24) is 0 Å². The van der Waals surface area contributed by atoms with Crippen molar-refractivity contribution in [2.24, 2.45) is 5.73 Å². The maximum atomic E-state index is 14.0. The van der Waals surface area contributed by atoms with E-state index in [4.69, 9.17) is 10.5 Å². The molecule has 0 fully saturated rings. The van der Waals surface area contributed by atoms with E-state index in [1.807, 2.05) is 0 Å². The van der Waals surface area contributed by atoms with Crippen LogP contribution < -0.4 is 16.4 Å². The number of ether oxygens (including phenoxy) is 1. The van der Waals surface area contributed by atoms with Gasteiger partial charge < -0.3 is 21.1 Å². The van der Waals surface area contributed by atoms with Crippen molar-refractivity contribution in [1.29, 1.82) is 0 Å². The van der Waals surface area contributed by atoms with Gasteiger partial charge in [-0.2, -0.15) is 0 Å². The summed E-state index contributed by atoms with van der Waals surface area (Å²) in [5.41, 5.74) is 6.92. The van der Waals surface area contributed by atoms with Crippen molar-refractivity contribution >= 4 is 23.2 Å². The average molecular weight is 295 g/mol. The summed E-state index contributed by atoms with van der Waals surface area (Å²) in [6, 6.07) is 1.96. The lowest BCUT2D eigenvalue weighted by Gasteiger charge is -2.19. The highest BCUT2D eigenvalue weighted by molar-refractivity contribution is 5.98. The van der Waals surface area contributed by atoms with E-state index in [9.17, 15) is 14.0 Å². The molecular weight excluding hydrogens is 277 g/mol. The molecule has 0 aliphatic carbocycles. The van der Waals surface area contributed by atoms with Gasteiger partial charge in [-0.15, -0.1) is 0 Å². The minimum absolute atomic E-state index is 0.00816. The van der Waals surface area contributed by atoms with Crippen LogP contribution in [-0.2, 0) is 20.7 Å². The first kappa shape index (κ1) is 15.4. The number of hydrogen-bond acceptors (Lipinski definition) is 4. The molecule has 1 aromatic rings. The molecule has 2 amide bonds. The first-order valence-corrected chi connectivity index (χ1v) is 6.69. The van der Waals surface area contributed by atoms with E-state index < -0.39 is 17.8 Å². The third-order valence-corrected chi connectivity index (χ3v) is 3.32. The van der Waals surface area contributed by atoms with Gasteiger partial charge in [0.15, 0.2) is 0 Å². The summed E-state index contributed by atoms with van der Waals surface area (Å²) in [5, 5.41) is 5.09. The Morgan fingerprint density at radius 2 is 2.29 bits per heavy atom. The van der Waals surface area contributed by atoms with Gasteiger partial charge in [-0.1, -0.05) is 0 Å². The molecule has 0 saturated heterocycles. The predicted octanol–water partition coefficient (Wildman–Crippen LogP) is 1.01. The van der Waals surface area contributed by atoms with E-state index in [1.165, 1.54) is 19.2 Å². The first-order valence-electron chi connectivity index (χ1n) is 6.69. The van der Waals surface area contributed by atoms with E-state index in [2.05, 4.69) is 10.6 Å². The molecule has 1 aromatic carbocycles. The van der Waals surface area contributed by atoms with Crippen LogP contribution in [0.2, 0.25) is 0 Å². The Hall–Kier alpha value is -1.99. The molecule has 0 radical (unpaired) electrons. The van der Waals surface area contributed by atoms with E-state index >= 15 is 0 Å². The van der Waals surface area contributed by atoms with Gasteiger partial charge in [0.25, 0.3) is 0 Å². The quantitative estimate of drug-likeness (QED) is 0.756. The van der Waals surface area contributed by atoms with Crippen LogP contribution in [0.4, 0.5) is 15.8 Å². The normalized spacial score (nSPS) is 15.1. The van der Waals surface area contributed by atoms with Crippen molar-refractivity contribution < 1.29 is 18.7 Å². The smallest absolute Gasteiger partial charge is 0.241 e. The summed E-state index contributed by atoms with van der Waals surface area (Å²) in [4.78, 5) is 23.2. The number of nitrogens with one attached hydrogen (secondary N) is 2. The second kappa shape index (κ2) is 6.64. The Morgan fingerprint density at radius 1 is 1.52 bits per heavy atom. The summed E-state index contributed by atoms with van der Waals surface area (Å²) in [6.45, 7) is 0.345. The van der Waals surface area contributed by atoms with Crippen LogP contribution >= 0.6 is 0 Å². The number of anilines is 2. The molecule has 0 bridgehead atoms. The maximum Gasteiger partial charge on any atom is 0.241 e. The number of halogens is 1. The lowest BCUT2D eigenvalue weighted by Crippen LogP contribution is -2.36. The number of carbonyl (C=O) groups is 2. The highest BCUT2D eigenvalue weighted by atomic mass is 19.1. The minimum atomic E-state index is -0.782. The Kier molecular flexibility index (Phi) is 4.87. The van der Waals surface area contributed by atoms with Crippen LogP contribution in [0.3, 0.4) is 0 Å². The number of rotatable bonds is 5.